The Hall–Kier alpha value is -2.87. The minimum atomic E-state index is 0.468. The maximum atomic E-state index is 8.99. The monoisotopic (exact) mass is 250 g/mol. The summed E-state index contributed by atoms with van der Waals surface area (Å²) in [5, 5.41) is 13.2. The molecule has 0 amide bonds. The first kappa shape index (κ1) is 11.2. The van der Waals surface area contributed by atoms with Gasteiger partial charge in [-0.05, 0) is 30.3 Å². The lowest BCUT2D eigenvalue weighted by Gasteiger charge is -2.05. The third-order valence-electron chi connectivity index (χ3n) is 2.91. The maximum absolute atomic E-state index is 8.99. The number of ether oxygens (including phenoxy) is 1. The van der Waals surface area contributed by atoms with Crippen LogP contribution in [0.25, 0.3) is 16.9 Å². The second kappa shape index (κ2) is 4.42. The summed E-state index contributed by atoms with van der Waals surface area (Å²) < 4.78 is 6.80. The average molecular weight is 250 g/mol. The van der Waals surface area contributed by atoms with E-state index >= 15 is 0 Å². The number of fused-ring (bicyclic) bond motifs is 1. The first-order chi connectivity index (χ1) is 9.33. The fourth-order valence-electron chi connectivity index (χ4n) is 1.95. The highest BCUT2D eigenvalue weighted by Gasteiger charge is 2.09. The number of hydrogen-bond acceptors (Lipinski definition) is 4. The molecule has 1 aromatic carbocycles. The second-order valence-corrected chi connectivity index (χ2v) is 3.96. The molecule has 3 rings (SSSR count). The number of nitriles is 1. The topological polar surface area (TPSA) is 63.2 Å². The molecule has 0 aliphatic rings. The quantitative estimate of drug-likeness (QED) is 0.700. The van der Waals surface area contributed by atoms with Gasteiger partial charge in [0.25, 0.3) is 0 Å². The Morgan fingerprint density at radius 1 is 1.21 bits per heavy atom. The van der Waals surface area contributed by atoms with Gasteiger partial charge in [0.2, 0.25) is 0 Å². The number of nitrogens with zero attached hydrogens (tertiary/aromatic N) is 4. The van der Waals surface area contributed by atoms with Crippen LogP contribution in [0.4, 0.5) is 0 Å². The Balaban J connectivity index is 2.19. The van der Waals surface area contributed by atoms with Crippen LogP contribution in [0, 0.1) is 11.3 Å². The largest absolute Gasteiger partial charge is 0.497 e. The van der Waals surface area contributed by atoms with E-state index in [1.165, 1.54) is 6.20 Å². The average Bonchev–Trinajstić information content (AvgIpc) is 2.90. The van der Waals surface area contributed by atoms with E-state index in [2.05, 4.69) is 16.2 Å². The molecule has 0 aliphatic heterocycles. The fraction of sp³-hybridized carbons (Fsp3) is 0.0714. The third kappa shape index (κ3) is 1.79. The van der Waals surface area contributed by atoms with Crippen LogP contribution in [0.3, 0.4) is 0 Å². The van der Waals surface area contributed by atoms with Crippen molar-refractivity contribution in [2.45, 2.75) is 0 Å². The summed E-state index contributed by atoms with van der Waals surface area (Å²) in [4.78, 5) is 4.19. The van der Waals surface area contributed by atoms with Crippen LogP contribution >= 0.6 is 0 Å². The lowest BCUT2D eigenvalue weighted by atomic mass is 10.1. The number of rotatable bonds is 2. The van der Waals surface area contributed by atoms with E-state index in [4.69, 9.17) is 10.00 Å². The lowest BCUT2D eigenvalue weighted by molar-refractivity contribution is 0.415. The van der Waals surface area contributed by atoms with Gasteiger partial charge in [0.1, 0.15) is 17.4 Å². The SMILES string of the molecule is COc1ccc(-c2ccnc3c(C#N)cnn23)cc1. The van der Waals surface area contributed by atoms with E-state index in [0.29, 0.717) is 11.2 Å². The molecule has 0 radical (unpaired) electrons. The molecule has 0 fully saturated rings. The van der Waals surface area contributed by atoms with E-state index in [9.17, 15) is 0 Å². The molecule has 0 aliphatic carbocycles. The predicted octanol–water partition coefficient (Wildman–Crippen LogP) is 2.28. The molecule has 5 heteroatoms. The Bertz CT molecular complexity index is 768. The minimum Gasteiger partial charge on any atom is -0.497 e. The number of hydrogen-bond donors (Lipinski definition) is 0. The molecule has 0 spiro atoms. The van der Waals surface area contributed by atoms with Crippen LogP contribution in [0.2, 0.25) is 0 Å². The molecule has 0 unspecified atom stereocenters. The van der Waals surface area contributed by atoms with Gasteiger partial charge in [-0.2, -0.15) is 10.4 Å². The highest BCUT2D eigenvalue weighted by Crippen LogP contribution is 2.23. The van der Waals surface area contributed by atoms with E-state index < -0.39 is 0 Å². The summed E-state index contributed by atoms with van der Waals surface area (Å²) in [6, 6.07) is 11.6. The molecule has 0 saturated carbocycles. The first-order valence-electron chi connectivity index (χ1n) is 5.71. The molecule has 92 valence electrons. The first-order valence-corrected chi connectivity index (χ1v) is 5.71. The highest BCUT2D eigenvalue weighted by atomic mass is 16.5. The van der Waals surface area contributed by atoms with Crippen molar-refractivity contribution >= 4 is 5.65 Å². The standard InChI is InChI=1S/C14H10N4O/c1-19-12-4-2-10(3-5-12)13-6-7-16-14-11(8-15)9-17-18(13)14/h2-7,9H,1H3. The van der Waals surface area contributed by atoms with Crippen molar-refractivity contribution in [3.63, 3.8) is 0 Å². The summed E-state index contributed by atoms with van der Waals surface area (Å²) in [6.07, 6.45) is 3.20. The molecule has 3 aromatic rings. The molecule has 0 N–H and O–H groups in total. The van der Waals surface area contributed by atoms with Crippen LogP contribution in [0.15, 0.2) is 42.7 Å². The molecule has 2 aromatic heterocycles. The fourth-order valence-corrected chi connectivity index (χ4v) is 1.95. The van der Waals surface area contributed by atoms with Crippen LogP contribution < -0.4 is 4.74 Å². The molecule has 2 heterocycles. The lowest BCUT2D eigenvalue weighted by Crippen LogP contribution is -1.95. The van der Waals surface area contributed by atoms with Gasteiger partial charge in [-0.25, -0.2) is 9.50 Å². The second-order valence-electron chi connectivity index (χ2n) is 3.96. The Kier molecular flexibility index (Phi) is 2.62. The van der Waals surface area contributed by atoms with Crippen LogP contribution in [0.1, 0.15) is 5.56 Å². The number of methoxy groups -OCH3 is 1. The van der Waals surface area contributed by atoms with Crippen LogP contribution in [-0.4, -0.2) is 21.7 Å². The molecule has 5 nitrogen and oxygen atoms in total. The van der Waals surface area contributed by atoms with Crippen molar-refractivity contribution in [3.8, 4) is 23.1 Å². The van der Waals surface area contributed by atoms with E-state index in [0.717, 1.165) is 17.0 Å². The zero-order valence-electron chi connectivity index (χ0n) is 10.2. The van der Waals surface area contributed by atoms with Crippen LogP contribution in [-0.2, 0) is 0 Å². The van der Waals surface area contributed by atoms with E-state index in [1.54, 1.807) is 17.8 Å². The molecule has 0 saturated heterocycles. The van der Waals surface area contributed by atoms with Crippen molar-refractivity contribution < 1.29 is 4.74 Å². The van der Waals surface area contributed by atoms with E-state index in [-0.39, 0.29) is 0 Å². The molecular formula is C14H10N4O. The summed E-state index contributed by atoms with van der Waals surface area (Å²) >= 11 is 0. The summed E-state index contributed by atoms with van der Waals surface area (Å²) in [5.41, 5.74) is 2.90. The normalized spacial score (nSPS) is 10.3. The zero-order valence-corrected chi connectivity index (χ0v) is 10.2. The summed E-state index contributed by atoms with van der Waals surface area (Å²) in [7, 11) is 1.63. The van der Waals surface area contributed by atoms with Gasteiger partial charge >= 0.3 is 0 Å². The molecular weight excluding hydrogens is 240 g/mol. The smallest absolute Gasteiger partial charge is 0.173 e. The van der Waals surface area contributed by atoms with Gasteiger partial charge in [-0.15, -0.1) is 0 Å². The Labute approximate surface area is 109 Å². The Morgan fingerprint density at radius 3 is 2.68 bits per heavy atom. The number of aromatic nitrogens is 3. The van der Waals surface area contributed by atoms with E-state index in [1.807, 2.05) is 30.3 Å². The molecule has 0 bridgehead atoms. The van der Waals surface area contributed by atoms with Crippen molar-refractivity contribution in [1.82, 2.24) is 14.6 Å². The predicted molar refractivity (Wildman–Crippen MR) is 69.7 cm³/mol. The van der Waals surface area contributed by atoms with Gasteiger partial charge < -0.3 is 4.74 Å². The zero-order chi connectivity index (χ0) is 13.2. The van der Waals surface area contributed by atoms with Gasteiger partial charge in [0.05, 0.1) is 19.0 Å². The summed E-state index contributed by atoms with van der Waals surface area (Å²) in [6.45, 7) is 0. The number of benzene rings is 1. The maximum Gasteiger partial charge on any atom is 0.173 e. The van der Waals surface area contributed by atoms with Crippen molar-refractivity contribution in [2.75, 3.05) is 7.11 Å². The van der Waals surface area contributed by atoms with Gasteiger partial charge in [0, 0.05) is 11.8 Å². The third-order valence-corrected chi connectivity index (χ3v) is 2.91. The Morgan fingerprint density at radius 2 is 2.00 bits per heavy atom. The molecule has 0 atom stereocenters. The van der Waals surface area contributed by atoms with Gasteiger partial charge in [-0.3, -0.25) is 0 Å². The van der Waals surface area contributed by atoms with Gasteiger partial charge in [0.15, 0.2) is 5.65 Å². The minimum absolute atomic E-state index is 0.468. The van der Waals surface area contributed by atoms with Crippen molar-refractivity contribution in [3.05, 3.63) is 48.3 Å². The highest BCUT2D eigenvalue weighted by molar-refractivity contribution is 5.65. The van der Waals surface area contributed by atoms with Crippen molar-refractivity contribution in [1.29, 1.82) is 5.26 Å². The van der Waals surface area contributed by atoms with Crippen molar-refractivity contribution in [2.24, 2.45) is 0 Å². The summed E-state index contributed by atoms with van der Waals surface area (Å²) in [5.74, 6) is 0.798. The molecule has 19 heavy (non-hydrogen) atoms. The van der Waals surface area contributed by atoms with Gasteiger partial charge in [-0.1, -0.05) is 0 Å². The van der Waals surface area contributed by atoms with Crippen LogP contribution in [0.5, 0.6) is 5.75 Å².